The highest BCUT2D eigenvalue weighted by molar-refractivity contribution is 5.83. The number of imidazole rings is 1. The summed E-state index contributed by atoms with van der Waals surface area (Å²) in [6.45, 7) is 8.32. The Morgan fingerprint density at radius 3 is 2.74 bits per heavy atom. The van der Waals surface area contributed by atoms with Gasteiger partial charge in [-0.25, -0.2) is 4.98 Å². The van der Waals surface area contributed by atoms with Gasteiger partial charge in [0, 0.05) is 12.1 Å². The molecule has 2 rings (SSSR count). The number of nitrogens with one attached hydrogen (secondary N) is 2. The van der Waals surface area contributed by atoms with Crippen LogP contribution in [0.3, 0.4) is 0 Å². The number of rotatable bonds is 7. The van der Waals surface area contributed by atoms with Gasteiger partial charge in [-0.3, -0.25) is 4.79 Å². The molecule has 0 aliphatic rings. The van der Waals surface area contributed by atoms with Crippen molar-refractivity contribution in [2.75, 3.05) is 11.9 Å². The van der Waals surface area contributed by atoms with Crippen LogP contribution in [-0.2, 0) is 11.3 Å². The lowest BCUT2D eigenvalue weighted by Crippen LogP contribution is -2.44. The lowest BCUT2D eigenvalue weighted by atomic mass is 10.0. The minimum atomic E-state index is -0.490. The van der Waals surface area contributed by atoms with Crippen LogP contribution in [0.25, 0.3) is 11.0 Å². The highest BCUT2D eigenvalue weighted by Gasteiger charge is 2.20. The van der Waals surface area contributed by atoms with E-state index in [1.54, 1.807) is 6.92 Å². The number of para-hydroxylation sites is 2. The summed E-state index contributed by atoms with van der Waals surface area (Å²) in [6, 6.07) is 7.69. The first-order valence-electron chi connectivity index (χ1n) is 8.00. The summed E-state index contributed by atoms with van der Waals surface area (Å²) in [7, 11) is 0. The lowest BCUT2D eigenvalue weighted by molar-refractivity contribution is -0.123. The van der Waals surface area contributed by atoms with E-state index >= 15 is 0 Å². The molecule has 1 amide bonds. The van der Waals surface area contributed by atoms with E-state index < -0.39 is 6.10 Å². The van der Waals surface area contributed by atoms with Gasteiger partial charge in [0.1, 0.15) is 6.54 Å². The highest BCUT2D eigenvalue weighted by atomic mass is 16.3. The maximum atomic E-state index is 12.4. The number of fused-ring (bicyclic) bond motifs is 1. The van der Waals surface area contributed by atoms with E-state index in [4.69, 9.17) is 0 Å². The Labute approximate surface area is 136 Å². The number of carbonyl (C=O) groups excluding carboxylic acids is 1. The van der Waals surface area contributed by atoms with Crippen LogP contribution >= 0.6 is 0 Å². The Morgan fingerprint density at radius 2 is 2.09 bits per heavy atom. The summed E-state index contributed by atoms with van der Waals surface area (Å²) in [6.07, 6.45) is 0.368. The zero-order valence-corrected chi connectivity index (χ0v) is 14.3. The molecule has 6 heteroatoms. The molecular weight excluding hydrogens is 292 g/mol. The summed E-state index contributed by atoms with van der Waals surface area (Å²) >= 11 is 0. The predicted octanol–water partition coefficient (Wildman–Crippen LogP) is 2.13. The summed E-state index contributed by atoms with van der Waals surface area (Å²) < 4.78 is 1.85. The Morgan fingerprint density at radius 1 is 1.39 bits per heavy atom. The van der Waals surface area contributed by atoms with Crippen molar-refractivity contribution in [3.63, 3.8) is 0 Å². The van der Waals surface area contributed by atoms with E-state index in [0.29, 0.717) is 12.5 Å². The first kappa shape index (κ1) is 17.3. The normalized spacial score (nSPS) is 13.1. The second-order valence-corrected chi connectivity index (χ2v) is 6.53. The van der Waals surface area contributed by atoms with Crippen LogP contribution in [0.1, 0.15) is 34.1 Å². The van der Waals surface area contributed by atoms with Gasteiger partial charge in [-0.2, -0.15) is 0 Å². The van der Waals surface area contributed by atoms with E-state index in [1.165, 1.54) is 0 Å². The topological polar surface area (TPSA) is 79.2 Å². The molecule has 0 saturated carbocycles. The molecular formula is C17H26N4O2. The summed E-state index contributed by atoms with van der Waals surface area (Å²) in [5.74, 6) is 0.539. The van der Waals surface area contributed by atoms with Gasteiger partial charge in [-0.05, 0) is 39.3 Å². The molecule has 2 aromatic rings. The quantitative estimate of drug-likeness (QED) is 0.731. The minimum absolute atomic E-state index is 0.0555. The number of aliphatic hydroxyl groups excluding tert-OH is 1. The second-order valence-electron chi connectivity index (χ2n) is 6.53. The van der Waals surface area contributed by atoms with Gasteiger partial charge in [0.05, 0.1) is 17.1 Å². The minimum Gasteiger partial charge on any atom is -0.392 e. The van der Waals surface area contributed by atoms with Crippen molar-refractivity contribution in [1.29, 1.82) is 0 Å². The molecule has 0 fully saturated rings. The van der Waals surface area contributed by atoms with E-state index in [2.05, 4.69) is 15.6 Å². The zero-order chi connectivity index (χ0) is 17.0. The smallest absolute Gasteiger partial charge is 0.240 e. The van der Waals surface area contributed by atoms with Crippen LogP contribution in [0.5, 0.6) is 0 Å². The van der Waals surface area contributed by atoms with Gasteiger partial charge in [0.25, 0.3) is 0 Å². The average Bonchev–Trinajstić information content (AvgIpc) is 2.82. The van der Waals surface area contributed by atoms with Gasteiger partial charge in [0.15, 0.2) is 0 Å². The number of nitrogens with zero attached hydrogens (tertiary/aromatic N) is 2. The highest BCUT2D eigenvalue weighted by Crippen LogP contribution is 2.19. The molecule has 1 aromatic carbocycles. The first-order valence-corrected chi connectivity index (χ1v) is 8.00. The fraction of sp³-hybridized carbons (Fsp3) is 0.529. The van der Waals surface area contributed by atoms with E-state index in [9.17, 15) is 9.90 Å². The van der Waals surface area contributed by atoms with Crippen molar-refractivity contribution in [1.82, 2.24) is 14.9 Å². The van der Waals surface area contributed by atoms with Crippen molar-refractivity contribution in [3.8, 4) is 0 Å². The molecule has 1 atom stereocenters. The Balaban J connectivity index is 2.26. The lowest BCUT2D eigenvalue weighted by Gasteiger charge is -2.25. The van der Waals surface area contributed by atoms with Crippen LogP contribution < -0.4 is 10.6 Å². The molecule has 1 aromatic heterocycles. The van der Waals surface area contributed by atoms with Gasteiger partial charge >= 0.3 is 0 Å². The third-order valence-corrected chi connectivity index (χ3v) is 3.87. The van der Waals surface area contributed by atoms with Crippen molar-refractivity contribution < 1.29 is 9.90 Å². The maximum absolute atomic E-state index is 12.4. The number of aromatic nitrogens is 2. The third-order valence-electron chi connectivity index (χ3n) is 3.87. The first-order chi connectivity index (χ1) is 10.8. The van der Waals surface area contributed by atoms with Crippen molar-refractivity contribution in [2.45, 2.75) is 52.3 Å². The van der Waals surface area contributed by atoms with Crippen LogP contribution in [0.2, 0.25) is 0 Å². The Kier molecular flexibility index (Phi) is 5.26. The van der Waals surface area contributed by atoms with E-state index in [-0.39, 0.29) is 18.0 Å². The van der Waals surface area contributed by atoms with E-state index in [1.807, 2.05) is 49.6 Å². The molecule has 0 saturated heterocycles. The average molecular weight is 318 g/mol. The van der Waals surface area contributed by atoms with Crippen molar-refractivity contribution in [3.05, 3.63) is 24.3 Å². The fourth-order valence-electron chi connectivity index (χ4n) is 2.26. The Hall–Kier alpha value is -2.08. The van der Waals surface area contributed by atoms with Crippen molar-refractivity contribution in [2.24, 2.45) is 0 Å². The molecule has 1 heterocycles. The molecule has 23 heavy (non-hydrogen) atoms. The molecule has 0 aliphatic heterocycles. The van der Waals surface area contributed by atoms with Gasteiger partial charge in [-0.15, -0.1) is 0 Å². The monoisotopic (exact) mass is 318 g/mol. The number of aliphatic hydroxyl groups is 1. The predicted molar refractivity (Wildman–Crippen MR) is 92.4 cm³/mol. The Bertz CT molecular complexity index is 676. The molecule has 126 valence electrons. The van der Waals surface area contributed by atoms with Crippen LogP contribution in [-0.4, -0.2) is 38.8 Å². The molecule has 1 unspecified atom stereocenters. The summed E-state index contributed by atoms with van der Waals surface area (Å²) in [5.41, 5.74) is 1.48. The molecule has 0 spiro atoms. The summed E-state index contributed by atoms with van der Waals surface area (Å²) in [5, 5.41) is 15.6. The number of hydrogen-bond acceptors (Lipinski definition) is 4. The SMILES string of the molecule is CCC(C)(C)NC(=O)Cn1c(NCC(C)O)nc2ccccc21. The number of carbonyl (C=O) groups is 1. The molecule has 0 aliphatic carbocycles. The standard InChI is InChI=1S/C17H26N4O2/c1-5-17(3,4)20-15(23)11-21-14-9-7-6-8-13(14)19-16(21)18-10-12(2)22/h6-9,12,22H,5,10-11H2,1-4H3,(H,18,19)(H,20,23). The van der Waals surface area contributed by atoms with Gasteiger partial charge in [-0.1, -0.05) is 19.1 Å². The van der Waals surface area contributed by atoms with E-state index in [0.717, 1.165) is 17.5 Å². The van der Waals surface area contributed by atoms with Gasteiger partial charge < -0.3 is 20.3 Å². The second kappa shape index (κ2) is 7.00. The molecule has 0 bridgehead atoms. The van der Waals surface area contributed by atoms with Crippen LogP contribution in [0.4, 0.5) is 5.95 Å². The number of benzene rings is 1. The number of anilines is 1. The largest absolute Gasteiger partial charge is 0.392 e. The van der Waals surface area contributed by atoms with Crippen LogP contribution in [0.15, 0.2) is 24.3 Å². The fourth-order valence-corrected chi connectivity index (χ4v) is 2.26. The molecule has 3 N–H and O–H groups in total. The number of amides is 1. The van der Waals surface area contributed by atoms with Crippen molar-refractivity contribution >= 4 is 22.9 Å². The molecule has 0 radical (unpaired) electrons. The number of hydrogen-bond donors (Lipinski definition) is 3. The maximum Gasteiger partial charge on any atom is 0.240 e. The van der Waals surface area contributed by atoms with Gasteiger partial charge in [0.2, 0.25) is 11.9 Å². The zero-order valence-electron chi connectivity index (χ0n) is 14.3. The summed E-state index contributed by atoms with van der Waals surface area (Å²) in [4.78, 5) is 16.9. The molecule has 6 nitrogen and oxygen atoms in total. The third kappa shape index (κ3) is 4.45. The van der Waals surface area contributed by atoms with Crippen LogP contribution in [0, 0.1) is 0 Å².